The van der Waals surface area contributed by atoms with Crippen molar-refractivity contribution in [2.75, 3.05) is 31.1 Å². The van der Waals surface area contributed by atoms with Crippen LogP contribution in [0.25, 0.3) is 10.9 Å². The molecule has 33 heavy (non-hydrogen) atoms. The van der Waals surface area contributed by atoms with E-state index in [1.54, 1.807) is 17.9 Å². The number of anilines is 1. The lowest BCUT2D eigenvalue weighted by Gasteiger charge is -2.60. The van der Waals surface area contributed by atoms with Gasteiger partial charge in [-0.3, -0.25) is 0 Å². The molecule has 2 aromatic rings. The number of benzene rings is 1. The molecule has 1 amide bonds. The van der Waals surface area contributed by atoms with E-state index in [9.17, 15) is 26.4 Å². The minimum atomic E-state index is -5.83. The Morgan fingerprint density at radius 1 is 1.06 bits per heavy atom. The van der Waals surface area contributed by atoms with Crippen LogP contribution in [0, 0.1) is 12.3 Å². The number of aryl methyl sites for hydroxylation is 1. The number of carbonyl (C=O) groups excluding carboxylic acids is 1. The SMILES string of the molecule is Cc1cc(N2CC3(CN(C(=O)OC(C)(C)C)C3)C2)cc2nnc(OS(=O)(=O)C(F)(F)F)cc12. The van der Waals surface area contributed by atoms with Crippen LogP contribution in [0.15, 0.2) is 18.2 Å². The third-order valence-electron chi connectivity index (χ3n) is 5.47. The minimum absolute atomic E-state index is 0.00902. The predicted molar refractivity (Wildman–Crippen MR) is 112 cm³/mol. The summed E-state index contributed by atoms with van der Waals surface area (Å²) in [6.07, 6.45) is -0.325. The molecule has 1 aromatic heterocycles. The molecule has 0 N–H and O–H groups in total. The topological polar surface area (TPSA) is 102 Å². The first-order valence-electron chi connectivity index (χ1n) is 10.1. The summed E-state index contributed by atoms with van der Waals surface area (Å²) in [7, 11) is -5.83. The Balaban J connectivity index is 1.43. The van der Waals surface area contributed by atoms with Gasteiger partial charge in [-0.2, -0.15) is 21.6 Å². The van der Waals surface area contributed by atoms with Crippen molar-refractivity contribution in [2.24, 2.45) is 5.41 Å². The van der Waals surface area contributed by atoms with E-state index in [2.05, 4.69) is 19.3 Å². The van der Waals surface area contributed by atoms with Crippen LogP contribution in [-0.4, -0.2) is 66.9 Å². The molecular weight excluding hydrogens is 465 g/mol. The first kappa shape index (κ1) is 23.3. The lowest BCUT2D eigenvalue weighted by atomic mass is 9.72. The van der Waals surface area contributed by atoms with Crippen LogP contribution in [0.3, 0.4) is 0 Å². The number of ether oxygens (including phenoxy) is 1. The van der Waals surface area contributed by atoms with Crippen LogP contribution in [0.5, 0.6) is 5.88 Å². The number of aromatic nitrogens is 2. The van der Waals surface area contributed by atoms with E-state index in [1.807, 2.05) is 26.8 Å². The van der Waals surface area contributed by atoms with Crippen LogP contribution >= 0.6 is 0 Å². The van der Waals surface area contributed by atoms with Gasteiger partial charge in [-0.1, -0.05) is 0 Å². The summed E-state index contributed by atoms with van der Waals surface area (Å²) in [6, 6.07) is 4.69. The zero-order valence-electron chi connectivity index (χ0n) is 18.4. The third kappa shape index (κ3) is 4.50. The highest BCUT2D eigenvalue weighted by atomic mass is 32.2. The number of rotatable bonds is 3. The highest BCUT2D eigenvalue weighted by Crippen LogP contribution is 2.43. The van der Waals surface area contributed by atoms with E-state index < -0.39 is 27.1 Å². The second kappa shape index (κ2) is 7.34. The summed E-state index contributed by atoms with van der Waals surface area (Å²) >= 11 is 0. The summed E-state index contributed by atoms with van der Waals surface area (Å²) in [6.45, 7) is 9.88. The van der Waals surface area contributed by atoms with E-state index in [1.165, 1.54) is 0 Å². The molecule has 4 rings (SSSR count). The molecule has 13 heteroatoms. The third-order valence-corrected chi connectivity index (χ3v) is 6.43. The molecule has 2 aliphatic heterocycles. The van der Waals surface area contributed by atoms with E-state index >= 15 is 0 Å². The Morgan fingerprint density at radius 2 is 1.70 bits per heavy atom. The maximum atomic E-state index is 12.5. The molecule has 1 spiro atoms. The summed E-state index contributed by atoms with van der Waals surface area (Å²) < 4.78 is 69.5. The maximum absolute atomic E-state index is 12.5. The Bertz CT molecular complexity index is 1210. The quantitative estimate of drug-likeness (QED) is 0.480. The summed E-state index contributed by atoms with van der Waals surface area (Å²) in [5, 5.41) is 7.75. The average Bonchev–Trinajstić information content (AvgIpc) is 2.57. The van der Waals surface area contributed by atoms with Crippen molar-refractivity contribution in [3.8, 4) is 5.88 Å². The number of amides is 1. The van der Waals surface area contributed by atoms with E-state index in [0.29, 0.717) is 29.6 Å². The van der Waals surface area contributed by atoms with Crippen LogP contribution in [0.1, 0.15) is 26.3 Å². The van der Waals surface area contributed by atoms with Crippen molar-refractivity contribution in [1.29, 1.82) is 0 Å². The second-order valence-corrected chi connectivity index (χ2v) is 11.1. The van der Waals surface area contributed by atoms with Gasteiger partial charge in [0.15, 0.2) is 0 Å². The van der Waals surface area contributed by atoms with Gasteiger partial charge < -0.3 is 18.7 Å². The normalized spacial score (nSPS) is 18.2. The minimum Gasteiger partial charge on any atom is -0.444 e. The van der Waals surface area contributed by atoms with Crippen LogP contribution in [0.2, 0.25) is 0 Å². The fraction of sp³-hybridized carbons (Fsp3) is 0.550. The first-order valence-corrected chi connectivity index (χ1v) is 11.5. The zero-order chi connectivity index (χ0) is 24.4. The molecule has 9 nitrogen and oxygen atoms in total. The van der Waals surface area contributed by atoms with Gasteiger partial charge in [-0.05, 0) is 45.4 Å². The largest absolute Gasteiger partial charge is 0.534 e. The van der Waals surface area contributed by atoms with Crippen molar-refractivity contribution >= 4 is 32.8 Å². The molecule has 3 heterocycles. The van der Waals surface area contributed by atoms with Gasteiger partial charge in [-0.25, -0.2) is 4.79 Å². The number of halogens is 3. The zero-order valence-corrected chi connectivity index (χ0v) is 19.2. The molecule has 0 radical (unpaired) electrons. The summed E-state index contributed by atoms with van der Waals surface area (Å²) in [4.78, 5) is 15.9. The Morgan fingerprint density at radius 3 is 2.27 bits per heavy atom. The number of hydrogen-bond acceptors (Lipinski definition) is 8. The summed E-state index contributed by atoms with van der Waals surface area (Å²) in [5.41, 5.74) is -4.17. The molecule has 0 aliphatic carbocycles. The van der Waals surface area contributed by atoms with E-state index in [-0.39, 0.29) is 11.5 Å². The second-order valence-electron chi connectivity index (χ2n) is 9.55. The fourth-order valence-corrected chi connectivity index (χ4v) is 4.44. The number of likely N-dealkylation sites (tertiary alicyclic amines) is 1. The Hall–Kier alpha value is -2.83. The van der Waals surface area contributed by atoms with Crippen LogP contribution in [-0.2, 0) is 14.9 Å². The molecule has 1 aromatic carbocycles. The molecule has 180 valence electrons. The molecule has 0 unspecified atom stereocenters. The molecular formula is C20H23F3N4O5S. The highest BCUT2D eigenvalue weighted by Gasteiger charge is 2.54. The Kier molecular flexibility index (Phi) is 5.19. The Labute approximate surface area is 188 Å². The van der Waals surface area contributed by atoms with Gasteiger partial charge in [0.25, 0.3) is 5.88 Å². The first-order chi connectivity index (χ1) is 15.1. The van der Waals surface area contributed by atoms with Crippen LogP contribution in [0.4, 0.5) is 23.7 Å². The lowest BCUT2D eigenvalue weighted by Crippen LogP contribution is -2.73. The highest BCUT2D eigenvalue weighted by molar-refractivity contribution is 7.87. The molecule has 2 saturated heterocycles. The molecule has 2 aliphatic rings. The fourth-order valence-electron chi connectivity index (χ4n) is 4.04. The van der Waals surface area contributed by atoms with Crippen molar-refractivity contribution in [2.45, 2.75) is 38.8 Å². The van der Waals surface area contributed by atoms with Gasteiger partial charge in [0.1, 0.15) is 5.60 Å². The van der Waals surface area contributed by atoms with Crippen molar-refractivity contribution in [3.63, 3.8) is 0 Å². The predicted octanol–water partition coefficient (Wildman–Crippen LogP) is 3.22. The summed E-state index contributed by atoms with van der Waals surface area (Å²) in [5.74, 6) is -0.754. The number of hydrogen-bond donors (Lipinski definition) is 0. The molecule has 0 atom stereocenters. The van der Waals surface area contributed by atoms with Gasteiger partial charge in [0.2, 0.25) is 0 Å². The smallest absolute Gasteiger partial charge is 0.444 e. The number of carbonyl (C=O) groups is 1. The van der Waals surface area contributed by atoms with Crippen molar-refractivity contribution in [3.05, 3.63) is 23.8 Å². The van der Waals surface area contributed by atoms with Gasteiger partial charge in [0, 0.05) is 48.7 Å². The maximum Gasteiger partial charge on any atom is 0.534 e. The number of fused-ring (bicyclic) bond motifs is 1. The van der Waals surface area contributed by atoms with Gasteiger partial charge >= 0.3 is 21.7 Å². The average molecular weight is 488 g/mol. The van der Waals surface area contributed by atoms with Gasteiger partial charge in [-0.15, -0.1) is 10.2 Å². The van der Waals surface area contributed by atoms with E-state index in [0.717, 1.165) is 24.8 Å². The van der Waals surface area contributed by atoms with E-state index in [4.69, 9.17) is 4.74 Å². The monoisotopic (exact) mass is 488 g/mol. The molecule has 2 fully saturated rings. The molecule has 0 saturated carbocycles. The van der Waals surface area contributed by atoms with Crippen molar-refractivity contribution in [1.82, 2.24) is 15.1 Å². The number of nitrogens with zero attached hydrogens (tertiary/aromatic N) is 4. The van der Waals surface area contributed by atoms with Crippen LogP contribution < -0.4 is 9.08 Å². The van der Waals surface area contributed by atoms with Gasteiger partial charge in [0.05, 0.1) is 5.52 Å². The lowest BCUT2D eigenvalue weighted by molar-refractivity contribution is -0.0501. The number of alkyl halides is 3. The van der Waals surface area contributed by atoms with Crippen molar-refractivity contribution < 1.29 is 35.3 Å². The standard InChI is InChI=1S/C20H23F3N4O5S/c1-12-5-13(26-8-19(9-26)10-27(11-19)17(28)31-18(2,3)4)6-15-14(12)7-16(25-24-15)32-33(29,30)20(21,22)23/h5-7H,8-11H2,1-4H3. The molecule has 0 bridgehead atoms.